The third-order valence-electron chi connectivity index (χ3n) is 7.82. The third kappa shape index (κ3) is 7.49. The van der Waals surface area contributed by atoms with Gasteiger partial charge in [0.1, 0.15) is 37.9 Å². The SMILES string of the molecule is CCCCN(C)Cc1cc(C)c(OCc2cccc(-c3ccc4c(c3)OCCO4)c2C)cc1OCc1cccc(C#N)c1. The van der Waals surface area contributed by atoms with Crippen molar-refractivity contribution in [3.05, 3.63) is 106 Å². The van der Waals surface area contributed by atoms with Gasteiger partial charge >= 0.3 is 0 Å². The third-order valence-corrected chi connectivity index (χ3v) is 7.82. The van der Waals surface area contributed by atoms with Crippen molar-refractivity contribution in [2.24, 2.45) is 0 Å². The molecule has 5 rings (SSSR count). The zero-order chi connectivity index (χ0) is 30.2. The van der Waals surface area contributed by atoms with E-state index in [1.807, 2.05) is 30.3 Å². The van der Waals surface area contributed by atoms with Crippen molar-refractivity contribution in [1.29, 1.82) is 5.26 Å². The van der Waals surface area contributed by atoms with Gasteiger partial charge in [-0.3, -0.25) is 0 Å². The summed E-state index contributed by atoms with van der Waals surface area (Å²) in [4.78, 5) is 2.33. The van der Waals surface area contributed by atoms with E-state index in [2.05, 4.69) is 75.2 Å². The molecule has 1 heterocycles. The minimum atomic E-state index is 0.375. The lowest BCUT2D eigenvalue weighted by Gasteiger charge is -2.21. The molecule has 4 aromatic rings. The number of benzene rings is 4. The molecule has 0 unspecified atom stereocenters. The average Bonchev–Trinajstić information content (AvgIpc) is 3.03. The van der Waals surface area contributed by atoms with Gasteiger partial charge in [-0.25, -0.2) is 0 Å². The maximum Gasteiger partial charge on any atom is 0.161 e. The number of nitrogens with zero attached hydrogens (tertiary/aromatic N) is 2. The minimum Gasteiger partial charge on any atom is -0.488 e. The number of hydrogen-bond donors (Lipinski definition) is 0. The molecule has 6 heteroatoms. The van der Waals surface area contributed by atoms with Gasteiger partial charge in [-0.15, -0.1) is 0 Å². The molecule has 0 fully saturated rings. The summed E-state index contributed by atoms with van der Waals surface area (Å²) in [5.74, 6) is 3.17. The van der Waals surface area contributed by atoms with Crippen LogP contribution >= 0.6 is 0 Å². The molecule has 43 heavy (non-hydrogen) atoms. The van der Waals surface area contributed by atoms with Crippen LogP contribution in [0.25, 0.3) is 11.1 Å². The predicted molar refractivity (Wildman–Crippen MR) is 170 cm³/mol. The summed E-state index contributed by atoms with van der Waals surface area (Å²) in [7, 11) is 2.15. The fourth-order valence-corrected chi connectivity index (χ4v) is 5.35. The quantitative estimate of drug-likeness (QED) is 0.170. The Morgan fingerprint density at radius 2 is 1.63 bits per heavy atom. The van der Waals surface area contributed by atoms with E-state index in [1.165, 1.54) is 5.56 Å². The largest absolute Gasteiger partial charge is 0.488 e. The van der Waals surface area contributed by atoms with Crippen LogP contribution in [0, 0.1) is 25.2 Å². The second-order valence-corrected chi connectivity index (χ2v) is 11.2. The molecule has 0 bridgehead atoms. The van der Waals surface area contributed by atoms with Gasteiger partial charge in [0.15, 0.2) is 11.5 Å². The van der Waals surface area contributed by atoms with Crippen LogP contribution in [0.2, 0.25) is 0 Å². The molecule has 0 aromatic heterocycles. The van der Waals surface area contributed by atoms with Gasteiger partial charge in [-0.05, 0) is 97.6 Å². The Balaban J connectivity index is 1.37. The molecule has 0 amide bonds. The molecule has 0 saturated heterocycles. The molecule has 1 aliphatic rings. The highest BCUT2D eigenvalue weighted by atomic mass is 16.6. The molecule has 222 valence electrons. The van der Waals surface area contributed by atoms with Gasteiger partial charge < -0.3 is 23.8 Å². The highest BCUT2D eigenvalue weighted by Gasteiger charge is 2.16. The van der Waals surface area contributed by atoms with E-state index < -0.39 is 0 Å². The first-order chi connectivity index (χ1) is 20.9. The van der Waals surface area contributed by atoms with Gasteiger partial charge in [-0.1, -0.05) is 49.7 Å². The van der Waals surface area contributed by atoms with Gasteiger partial charge in [0, 0.05) is 18.2 Å². The van der Waals surface area contributed by atoms with Gasteiger partial charge in [-0.2, -0.15) is 5.26 Å². The van der Waals surface area contributed by atoms with Crippen LogP contribution in [0.4, 0.5) is 0 Å². The molecule has 1 aliphatic heterocycles. The van der Waals surface area contributed by atoms with Crippen LogP contribution in [-0.4, -0.2) is 31.7 Å². The number of fused-ring (bicyclic) bond motifs is 1. The van der Waals surface area contributed by atoms with Gasteiger partial charge in [0.25, 0.3) is 0 Å². The lowest BCUT2D eigenvalue weighted by atomic mass is 9.96. The number of aryl methyl sites for hydroxylation is 1. The van der Waals surface area contributed by atoms with Crippen molar-refractivity contribution in [2.45, 2.75) is 53.4 Å². The van der Waals surface area contributed by atoms with Crippen LogP contribution in [0.15, 0.2) is 72.8 Å². The lowest BCUT2D eigenvalue weighted by molar-refractivity contribution is 0.171. The van der Waals surface area contributed by atoms with Crippen molar-refractivity contribution >= 4 is 0 Å². The number of nitriles is 1. The molecule has 0 atom stereocenters. The second-order valence-electron chi connectivity index (χ2n) is 11.2. The van der Waals surface area contributed by atoms with Gasteiger partial charge in [0.2, 0.25) is 0 Å². The van der Waals surface area contributed by atoms with E-state index in [1.54, 1.807) is 6.07 Å². The van der Waals surface area contributed by atoms with Crippen molar-refractivity contribution in [2.75, 3.05) is 26.8 Å². The number of unbranched alkanes of at least 4 members (excludes halogenated alkanes) is 1. The first-order valence-corrected chi connectivity index (χ1v) is 15.0. The van der Waals surface area contributed by atoms with Crippen molar-refractivity contribution in [1.82, 2.24) is 4.90 Å². The van der Waals surface area contributed by atoms with E-state index in [0.29, 0.717) is 32.0 Å². The Morgan fingerprint density at radius 3 is 2.44 bits per heavy atom. The molecule has 0 radical (unpaired) electrons. The molecular weight excluding hydrogens is 536 g/mol. The highest BCUT2D eigenvalue weighted by Crippen LogP contribution is 2.37. The summed E-state index contributed by atoms with van der Waals surface area (Å²) in [5, 5.41) is 9.31. The fraction of sp³-hybridized carbons (Fsp3) is 0.324. The number of hydrogen-bond acceptors (Lipinski definition) is 6. The van der Waals surface area contributed by atoms with Crippen LogP contribution in [0.5, 0.6) is 23.0 Å². The first-order valence-electron chi connectivity index (χ1n) is 15.0. The Morgan fingerprint density at radius 1 is 0.837 bits per heavy atom. The summed E-state index contributed by atoms with van der Waals surface area (Å²) >= 11 is 0. The Labute approximate surface area is 255 Å². The Kier molecular flexibility index (Phi) is 9.86. The van der Waals surface area contributed by atoms with E-state index in [9.17, 15) is 5.26 Å². The maximum atomic E-state index is 9.31. The summed E-state index contributed by atoms with van der Waals surface area (Å²) in [6.45, 7) is 10.2. The molecule has 0 N–H and O–H groups in total. The van der Waals surface area contributed by atoms with E-state index in [0.717, 1.165) is 82.3 Å². The average molecular weight is 577 g/mol. The second kappa shape index (κ2) is 14.1. The summed E-state index contributed by atoms with van der Waals surface area (Å²) in [5.41, 5.74) is 8.29. The van der Waals surface area contributed by atoms with Crippen molar-refractivity contribution in [3.63, 3.8) is 0 Å². The van der Waals surface area contributed by atoms with E-state index in [4.69, 9.17) is 18.9 Å². The lowest BCUT2D eigenvalue weighted by Crippen LogP contribution is -2.19. The van der Waals surface area contributed by atoms with Crippen LogP contribution in [0.1, 0.15) is 53.1 Å². The normalized spacial score (nSPS) is 12.2. The number of ether oxygens (including phenoxy) is 4. The van der Waals surface area contributed by atoms with Crippen LogP contribution in [-0.2, 0) is 19.8 Å². The fourth-order valence-electron chi connectivity index (χ4n) is 5.35. The van der Waals surface area contributed by atoms with Gasteiger partial charge in [0.05, 0.1) is 11.6 Å². The standard InChI is InChI=1S/C37H40N2O4/c1-5-6-15-39(4)23-32-18-26(2)35(21-36(32)42-24-29-10-7-9-28(19-29)22-38)43-25-31-11-8-12-33(27(31)3)30-13-14-34-37(20-30)41-17-16-40-34/h7-14,18-21H,5-6,15-17,23-25H2,1-4H3. The summed E-state index contributed by atoms with van der Waals surface area (Å²) in [6, 6.07) is 26.4. The van der Waals surface area contributed by atoms with E-state index >= 15 is 0 Å². The van der Waals surface area contributed by atoms with Crippen LogP contribution < -0.4 is 18.9 Å². The van der Waals surface area contributed by atoms with Crippen molar-refractivity contribution in [3.8, 4) is 40.2 Å². The summed E-state index contributed by atoms with van der Waals surface area (Å²) < 4.78 is 24.4. The predicted octanol–water partition coefficient (Wildman–Crippen LogP) is 8.00. The molecule has 0 spiro atoms. The topological polar surface area (TPSA) is 64.0 Å². The first kappa shape index (κ1) is 30.0. The smallest absolute Gasteiger partial charge is 0.161 e. The zero-order valence-corrected chi connectivity index (χ0v) is 25.6. The van der Waals surface area contributed by atoms with E-state index in [-0.39, 0.29) is 0 Å². The highest BCUT2D eigenvalue weighted by molar-refractivity contribution is 5.71. The summed E-state index contributed by atoms with van der Waals surface area (Å²) in [6.07, 6.45) is 2.31. The zero-order valence-electron chi connectivity index (χ0n) is 25.6. The minimum absolute atomic E-state index is 0.375. The Bertz CT molecular complexity index is 1610. The molecule has 6 nitrogen and oxygen atoms in total. The molecule has 4 aromatic carbocycles. The maximum absolute atomic E-state index is 9.31. The molecule has 0 saturated carbocycles. The molecule has 0 aliphatic carbocycles. The Hall–Kier alpha value is -4.47. The molecular formula is C37H40N2O4. The van der Waals surface area contributed by atoms with Crippen LogP contribution in [0.3, 0.4) is 0 Å². The number of rotatable bonds is 12. The monoisotopic (exact) mass is 576 g/mol. The van der Waals surface area contributed by atoms with Crippen molar-refractivity contribution < 1.29 is 18.9 Å².